The maximum Gasteiger partial charge on any atom is -0.00934 e. The van der Waals surface area contributed by atoms with E-state index in [1.54, 1.807) is 16.7 Å². The van der Waals surface area contributed by atoms with Gasteiger partial charge in [-0.25, -0.2) is 0 Å². The summed E-state index contributed by atoms with van der Waals surface area (Å²) in [5.74, 6) is 0.825. The molecule has 66 valence electrons. The van der Waals surface area contributed by atoms with E-state index >= 15 is 0 Å². The summed E-state index contributed by atoms with van der Waals surface area (Å²) in [6, 6.07) is 0. The number of fused-ring (bicyclic) bond motifs is 1. The molecule has 1 unspecified atom stereocenters. The molecule has 0 fully saturated rings. The Bertz CT molecular complexity index is 350. The fraction of sp³-hybridized carbons (Fsp3) is 0.385. The van der Waals surface area contributed by atoms with E-state index in [4.69, 9.17) is 0 Å². The highest BCUT2D eigenvalue weighted by molar-refractivity contribution is 5.43. The van der Waals surface area contributed by atoms with Crippen LogP contribution in [0.4, 0.5) is 0 Å². The van der Waals surface area contributed by atoms with Crippen molar-refractivity contribution in [2.75, 3.05) is 0 Å². The highest BCUT2D eigenvalue weighted by Gasteiger charge is 2.25. The molecular formula is C13H14. The maximum atomic E-state index is 2.34. The molecular weight excluding hydrogens is 156 g/mol. The van der Waals surface area contributed by atoms with Crippen LogP contribution in [-0.4, -0.2) is 0 Å². The van der Waals surface area contributed by atoms with E-state index < -0.39 is 0 Å². The quantitative estimate of drug-likeness (QED) is 0.521. The Kier molecular flexibility index (Phi) is 1.55. The molecule has 0 bridgehead atoms. The average Bonchev–Trinajstić information content (AvgIpc) is 2.61. The minimum atomic E-state index is 0.825. The highest BCUT2D eigenvalue weighted by Crippen LogP contribution is 2.41. The van der Waals surface area contributed by atoms with Gasteiger partial charge in [0, 0.05) is 0 Å². The number of hydrogen-bond acceptors (Lipinski definition) is 0. The fourth-order valence-electron chi connectivity index (χ4n) is 2.64. The standard InChI is InChI=1S/C13H14/c1-2-5-11-9-13-7-3-6-12(13)8-10(11)4-1/h1-4,7,11H,5-6,8-9H2. The lowest BCUT2D eigenvalue weighted by molar-refractivity contribution is 0.574. The molecule has 0 heteroatoms. The molecule has 0 nitrogen and oxygen atoms in total. The zero-order chi connectivity index (χ0) is 8.67. The minimum absolute atomic E-state index is 0.825. The van der Waals surface area contributed by atoms with Gasteiger partial charge in [0.05, 0.1) is 0 Å². The maximum absolute atomic E-state index is 2.34. The largest absolute Gasteiger partial charge is 0.0839 e. The van der Waals surface area contributed by atoms with Crippen LogP contribution in [0.15, 0.2) is 47.1 Å². The summed E-state index contributed by atoms with van der Waals surface area (Å²) >= 11 is 0. The molecule has 3 rings (SSSR count). The van der Waals surface area contributed by atoms with Crippen LogP contribution in [0.25, 0.3) is 0 Å². The van der Waals surface area contributed by atoms with Gasteiger partial charge in [-0.1, -0.05) is 41.5 Å². The van der Waals surface area contributed by atoms with Crippen LogP contribution in [0.1, 0.15) is 25.7 Å². The van der Waals surface area contributed by atoms with Gasteiger partial charge in [-0.2, -0.15) is 0 Å². The van der Waals surface area contributed by atoms with Crippen molar-refractivity contribution in [2.24, 2.45) is 5.92 Å². The predicted molar refractivity (Wildman–Crippen MR) is 55.3 cm³/mol. The zero-order valence-corrected chi connectivity index (χ0v) is 7.79. The van der Waals surface area contributed by atoms with Crippen LogP contribution in [-0.2, 0) is 0 Å². The van der Waals surface area contributed by atoms with Crippen molar-refractivity contribution >= 4 is 0 Å². The molecule has 0 aromatic carbocycles. The van der Waals surface area contributed by atoms with E-state index in [1.165, 1.54) is 25.7 Å². The first kappa shape index (κ1) is 7.37. The molecule has 13 heavy (non-hydrogen) atoms. The topological polar surface area (TPSA) is 0 Å². The first-order valence-corrected chi connectivity index (χ1v) is 5.16. The fourth-order valence-corrected chi connectivity index (χ4v) is 2.64. The molecule has 0 saturated heterocycles. The lowest BCUT2D eigenvalue weighted by Crippen LogP contribution is -2.12. The van der Waals surface area contributed by atoms with Crippen molar-refractivity contribution in [1.82, 2.24) is 0 Å². The normalized spacial score (nSPS) is 30.2. The van der Waals surface area contributed by atoms with Gasteiger partial charge in [0.1, 0.15) is 0 Å². The monoisotopic (exact) mass is 170 g/mol. The van der Waals surface area contributed by atoms with E-state index in [1.807, 2.05) is 0 Å². The lowest BCUT2D eigenvalue weighted by Gasteiger charge is -2.28. The summed E-state index contributed by atoms with van der Waals surface area (Å²) in [5, 5.41) is 0. The van der Waals surface area contributed by atoms with Gasteiger partial charge in [0.15, 0.2) is 0 Å². The molecule has 0 radical (unpaired) electrons. The molecule has 3 aliphatic rings. The van der Waals surface area contributed by atoms with E-state index in [0.29, 0.717) is 0 Å². The summed E-state index contributed by atoms with van der Waals surface area (Å²) in [6.07, 6.45) is 16.5. The molecule has 0 aliphatic heterocycles. The first-order valence-electron chi connectivity index (χ1n) is 5.16. The van der Waals surface area contributed by atoms with Gasteiger partial charge in [-0.15, -0.1) is 0 Å². The Morgan fingerprint density at radius 1 is 1.23 bits per heavy atom. The van der Waals surface area contributed by atoms with Gasteiger partial charge in [0.25, 0.3) is 0 Å². The molecule has 1 atom stereocenters. The van der Waals surface area contributed by atoms with Crippen molar-refractivity contribution < 1.29 is 0 Å². The first-order chi connectivity index (χ1) is 6.43. The van der Waals surface area contributed by atoms with Crippen LogP contribution in [0.2, 0.25) is 0 Å². The Morgan fingerprint density at radius 3 is 3.23 bits per heavy atom. The number of allylic oxidation sites excluding steroid dienone is 8. The summed E-state index contributed by atoms with van der Waals surface area (Å²) in [4.78, 5) is 0. The third kappa shape index (κ3) is 1.13. The molecule has 0 heterocycles. The van der Waals surface area contributed by atoms with Crippen molar-refractivity contribution in [3.05, 3.63) is 47.1 Å². The smallest absolute Gasteiger partial charge is 0.00934 e. The summed E-state index contributed by atoms with van der Waals surface area (Å²) in [5.41, 5.74) is 4.99. The van der Waals surface area contributed by atoms with Gasteiger partial charge < -0.3 is 0 Å². The van der Waals surface area contributed by atoms with Gasteiger partial charge in [-0.05, 0) is 37.2 Å². The molecule has 0 N–H and O–H groups in total. The van der Waals surface area contributed by atoms with Crippen molar-refractivity contribution in [1.29, 1.82) is 0 Å². The van der Waals surface area contributed by atoms with Crippen molar-refractivity contribution in [3.8, 4) is 0 Å². The Hall–Kier alpha value is -1.04. The molecule has 0 spiro atoms. The van der Waals surface area contributed by atoms with Crippen molar-refractivity contribution in [3.63, 3.8) is 0 Å². The molecule has 0 aromatic rings. The highest BCUT2D eigenvalue weighted by atomic mass is 14.3. The van der Waals surface area contributed by atoms with Gasteiger partial charge in [0.2, 0.25) is 0 Å². The van der Waals surface area contributed by atoms with Crippen LogP contribution >= 0.6 is 0 Å². The Labute approximate surface area is 79.3 Å². The third-order valence-electron chi connectivity index (χ3n) is 3.41. The zero-order valence-electron chi connectivity index (χ0n) is 7.79. The second kappa shape index (κ2) is 2.73. The average molecular weight is 170 g/mol. The van der Waals surface area contributed by atoms with E-state index in [9.17, 15) is 0 Å². The third-order valence-corrected chi connectivity index (χ3v) is 3.41. The second-order valence-corrected chi connectivity index (χ2v) is 4.22. The SMILES string of the molecule is C1=CCC2CC3=C(CC=C3)CC2=C1. The summed E-state index contributed by atoms with van der Waals surface area (Å²) in [7, 11) is 0. The summed E-state index contributed by atoms with van der Waals surface area (Å²) < 4.78 is 0. The van der Waals surface area contributed by atoms with E-state index in [-0.39, 0.29) is 0 Å². The van der Waals surface area contributed by atoms with E-state index in [2.05, 4.69) is 30.4 Å². The Balaban J connectivity index is 1.95. The summed E-state index contributed by atoms with van der Waals surface area (Å²) in [6.45, 7) is 0. The lowest BCUT2D eigenvalue weighted by atomic mass is 9.77. The van der Waals surface area contributed by atoms with E-state index in [0.717, 1.165) is 5.92 Å². The minimum Gasteiger partial charge on any atom is -0.0839 e. The predicted octanol–water partition coefficient (Wildman–Crippen LogP) is 3.54. The number of hydrogen-bond donors (Lipinski definition) is 0. The van der Waals surface area contributed by atoms with Crippen LogP contribution in [0, 0.1) is 5.92 Å². The second-order valence-electron chi connectivity index (χ2n) is 4.22. The van der Waals surface area contributed by atoms with Gasteiger partial charge >= 0.3 is 0 Å². The molecule has 0 amide bonds. The molecule has 3 aliphatic carbocycles. The Morgan fingerprint density at radius 2 is 2.23 bits per heavy atom. The molecule has 0 aromatic heterocycles. The van der Waals surface area contributed by atoms with Crippen LogP contribution in [0.5, 0.6) is 0 Å². The van der Waals surface area contributed by atoms with Crippen molar-refractivity contribution in [2.45, 2.75) is 25.7 Å². The van der Waals surface area contributed by atoms with Crippen LogP contribution < -0.4 is 0 Å². The number of rotatable bonds is 0. The van der Waals surface area contributed by atoms with Crippen LogP contribution in [0.3, 0.4) is 0 Å². The van der Waals surface area contributed by atoms with Gasteiger partial charge in [-0.3, -0.25) is 0 Å². The molecule has 0 saturated carbocycles.